The van der Waals surface area contributed by atoms with Crippen LogP contribution in [0.3, 0.4) is 0 Å². The third-order valence-electron chi connectivity index (χ3n) is 4.59. The van der Waals surface area contributed by atoms with E-state index in [0.717, 1.165) is 0 Å². The van der Waals surface area contributed by atoms with E-state index in [1.54, 1.807) is 47.1 Å². The number of likely N-dealkylation sites (tertiary alicyclic amines) is 1. The number of carbonyl (C=O) groups is 2. The summed E-state index contributed by atoms with van der Waals surface area (Å²) in [7, 11) is 1.79. The van der Waals surface area contributed by atoms with Crippen molar-refractivity contribution in [3.63, 3.8) is 0 Å². The molecule has 0 spiro atoms. The number of nitrogens with zero attached hydrogens (tertiary/aromatic N) is 3. The van der Waals surface area contributed by atoms with Gasteiger partial charge < -0.3 is 14.8 Å². The van der Waals surface area contributed by atoms with Crippen LogP contribution in [0.4, 0.5) is 4.39 Å². The maximum Gasteiger partial charge on any atom is 0.226 e. The summed E-state index contributed by atoms with van der Waals surface area (Å²) in [5, 5.41) is 2.88. The molecule has 7 heteroatoms. The van der Waals surface area contributed by atoms with Crippen LogP contribution in [-0.4, -0.2) is 39.4 Å². The highest BCUT2D eigenvalue weighted by Gasteiger charge is 2.35. The molecule has 25 heavy (non-hydrogen) atoms. The van der Waals surface area contributed by atoms with Crippen molar-refractivity contribution in [1.82, 2.24) is 19.8 Å². The number of aromatic nitrogens is 2. The lowest BCUT2D eigenvalue weighted by Crippen LogP contribution is -2.37. The first-order valence-corrected chi connectivity index (χ1v) is 8.31. The molecule has 2 aromatic rings. The molecule has 1 aliphatic heterocycles. The highest BCUT2D eigenvalue weighted by molar-refractivity contribution is 5.89. The third-order valence-corrected chi connectivity index (χ3v) is 4.59. The molecule has 2 amide bonds. The van der Waals surface area contributed by atoms with Crippen LogP contribution in [0.15, 0.2) is 36.7 Å². The molecule has 3 rings (SSSR count). The summed E-state index contributed by atoms with van der Waals surface area (Å²) in [5.41, 5.74) is 0.349. The molecule has 0 aliphatic carbocycles. The summed E-state index contributed by atoms with van der Waals surface area (Å²) in [6, 6.07) is 5.60. The Labute approximate surface area is 145 Å². The fourth-order valence-electron chi connectivity index (χ4n) is 3.16. The first kappa shape index (κ1) is 17.1. The van der Waals surface area contributed by atoms with Crippen molar-refractivity contribution in [3.8, 4) is 0 Å². The van der Waals surface area contributed by atoms with Gasteiger partial charge in [0.2, 0.25) is 11.8 Å². The standard InChI is InChI=1S/C18H21FN4O2/c1-3-23-11-12(10-15(23)24)18(25)21-16(17-20-8-9-22(17)2)13-6-4-5-7-14(13)19/h4-9,12,16H,3,10-11H2,1-2H3,(H,21,25)/t12-,16+/m0/s1. The summed E-state index contributed by atoms with van der Waals surface area (Å²) in [6.45, 7) is 2.86. The third kappa shape index (κ3) is 3.40. The van der Waals surface area contributed by atoms with Crippen molar-refractivity contribution in [2.45, 2.75) is 19.4 Å². The van der Waals surface area contributed by atoms with E-state index < -0.39 is 17.8 Å². The molecule has 1 fully saturated rings. The number of rotatable bonds is 5. The van der Waals surface area contributed by atoms with Crippen molar-refractivity contribution in [2.24, 2.45) is 13.0 Å². The molecule has 0 bridgehead atoms. The number of hydrogen-bond donors (Lipinski definition) is 1. The number of nitrogens with one attached hydrogen (secondary N) is 1. The van der Waals surface area contributed by atoms with Gasteiger partial charge in [-0.3, -0.25) is 9.59 Å². The largest absolute Gasteiger partial charge is 0.342 e. The number of aryl methyl sites for hydroxylation is 1. The lowest BCUT2D eigenvalue weighted by Gasteiger charge is -2.21. The summed E-state index contributed by atoms with van der Waals surface area (Å²) in [5.74, 6) is -0.590. The molecule has 2 atom stereocenters. The maximum atomic E-state index is 14.3. The minimum absolute atomic E-state index is 0.0258. The van der Waals surface area contributed by atoms with E-state index in [0.29, 0.717) is 24.5 Å². The van der Waals surface area contributed by atoms with Crippen LogP contribution in [0.1, 0.15) is 30.8 Å². The Hall–Kier alpha value is -2.70. The number of halogens is 1. The van der Waals surface area contributed by atoms with Gasteiger partial charge in [0.15, 0.2) is 0 Å². The Morgan fingerprint density at radius 1 is 1.44 bits per heavy atom. The van der Waals surface area contributed by atoms with Crippen LogP contribution >= 0.6 is 0 Å². The first-order chi connectivity index (χ1) is 12.0. The monoisotopic (exact) mass is 344 g/mol. The summed E-state index contributed by atoms with van der Waals surface area (Å²) in [4.78, 5) is 30.5. The minimum atomic E-state index is -0.709. The van der Waals surface area contributed by atoms with Crippen LogP contribution in [0, 0.1) is 11.7 Å². The SMILES string of the molecule is CCN1C[C@@H](C(=O)N[C@H](c2ccccc2F)c2nccn2C)CC1=O. The number of benzene rings is 1. The average molecular weight is 344 g/mol. The molecule has 132 valence electrons. The zero-order chi connectivity index (χ0) is 18.0. The Morgan fingerprint density at radius 2 is 2.20 bits per heavy atom. The second-order valence-corrected chi connectivity index (χ2v) is 6.19. The fourth-order valence-corrected chi connectivity index (χ4v) is 3.16. The molecule has 1 aliphatic rings. The minimum Gasteiger partial charge on any atom is -0.342 e. The molecule has 1 aromatic heterocycles. The molecule has 2 heterocycles. The fraction of sp³-hybridized carbons (Fsp3) is 0.389. The van der Waals surface area contributed by atoms with Crippen LogP contribution in [0.5, 0.6) is 0 Å². The molecule has 6 nitrogen and oxygen atoms in total. The average Bonchev–Trinajstić information content (AvgIpc) is 3.19. The highest BCUT2D eigenvalue weighted by Crippen LogP contribution is 2.25. The quantitative estimate of drug-likeness (QED) is 0.896. The van der Waals surface area contributed by atoms with Gasteiger partial charge in [-0.2, -0.15) is 0 Å². The Bertz CT molecular complexity index is 789. The number of hydrogen-bond acceptors (Lipinski definition) is 3. The summed E-state index contributed by atoms with van der Waals surface area (Å²) < 4.78 is 16.1. The molecule has 1 N–H and O–H groups in total. The lowest BCUT2D eigenvalue weighted by atomic mass is 10.0. The molecular weight excluding hydrogens is 323 g/mol. The van der Waals surface area contributed by atoms with Crippen molar-refractivity contribution in [2.75, 3.05) is 13.1 Å². The zero-order valence-corrected chi connectivity index (χ0v) is 14.3. The van der Waals surface area contributed by atoms with Gasteiger partial charge in [-0.15, -0.1) is 0 Å². The van der Waals surface area contributed by atoms with E-state index in [9.17, 15) is 14.0 Å². The van der Waals surface area contributed by atoms with E-state index >= 15 is 0 Å². The predicted octanol–water partition coefficient (Wildman–Crippen LogP) is 1.63. The molecule has 0 unspecified atom stereocenters. The lowest BCUT2D eigenvalue weighted by molar-refractivity contribution is -0.129. The summed E-state index contributed by atoms with van der Waals surface area (Å²) in [6.07, 6.45) is 3.53. The molecule has 1 aromatic carbocycles. The van der Waals surface area contributed by atoms with Gasteiger partial charge in [-0.05, 0) is 13.0 Å². The number of carbonyl (C=O) groups excluding carboxylic acids is 2. The Balaban J connectivity index is 1.86. The van der Waals surface area contributed by atoms with Gasteiger partial charge in [0.25, 0.3) is 0 Å². The molecular formula is C18H21FN4O2. The number of amides is 2. The highest BCUT2D eigenvalue weighted by atomic mass is 19.1. The van der Waals surface area contributed by atoms with Crippen molar-refractivity contribution in [3.05, 3.63) is 53.9 Å². The second-order valence-electron chi connectivity index (χ2n) is 6.19. The molecule has 1 saturated heterocycles. The second kappa shape index (κ2) is 7.04. The molecule has 0 saturated carbocycles. The topological polar surface area (TPSA) is 67.2 Å². The van der Waals surface area contributed by atoms with E-state index in [1.807, 2.05) is 6.92 Å². The van der Waals surface area contributed by atoms with Gasteiger partial charge in [0.1, 0.15) is 17.7 Å². The van der Waals surface area contributed by atoms with Crippen molar-refractivity contribution in [1.29, 1.82) is 0 Å². The Morgan fingerprint density at radius 3 is 2.80 bits per heavy atom. The van der Waals surface area contributed by atoms with Gasteiger partial charge >= 0.3 is 0 Å². The normalized spacial score (nSPS) is 18.4. The van der Waals surface area contributed by atoms with Gasteiger partial charge in [-0.25, -0.2) is 9.37 Å². The van der Waals surface area contributed by atoms with E-state index in [4.69, 9.17) is 0 Å². The van der Waals surface area contributed by atoms with E-state index in [1.165, 1.54) is 6.07 Å². The first-order valence-electron chi connectivity index (χ1n) is 8.31. The summed E-state index contributed by atoms with van der Waals surface area (Å²) >= 11 is 0. The van der Waals surface area contributed by atoms with Crippen LogP contribution in [0.2, 0.25) is 0 Å². The zero-order valence-electron chi connectivity index (χ0n) is 14.3. The van der Waals surface area contributed by atoms with Gasteiger partial charge in [0, 0.05) is 44.5 Å². The van der Waals surface area contributed by atoms with E-state index in [2.05, 4.69) is 10.3 Å². The number of imidazole rings is 1. The van der Waals surface area contributed by atoms with Crippen LogP contribution in [-0.2, 0) is 16.6 Å². The smallest absolute Gasteiger partial charge is 0.226 e. The Kier molecular flexibility index (Phi) is 4.83. The van der Waals surface area contributed by atoms with Gasteiger partial charge in [0.05, 0.1) is 5.92 Å². The predicted molar refractivity (Wildman–Crippen MR) is 90.0 cm³/mol. The van der Waals surface area contributed by atoms with Gasteiger partial charge in [-0.1, -0.05) is 18.2 Å². The van der Waals surface area contributed by atoms with Crippen LogP contribution in [0.25, 0.3) is 0 Å². The maximum absolute atomic E-state index is 14.3. The molecule has 0 radical (unpaired) electrons. The van der Waals surface area contributed by atoms with Crippen molar-refractivity contribution >= 4 is 11.8 Å². The van der Waals surface area contributed by atoms with Crippen LogP contribution < -0.4 is 5.32 Å². The van der Waals surface area contributed by atoms with Crippen molar-refractivity contribution < 1.29 is 14.0 Å². The van der Waals surface area contributed by atoms with E-state index in [-0.39, 0.29) is 18.2 Å².